The Balaban J connectivity index is 2.80. The van der Waals surface area contributed by atoms with Crippen molar-refractivity contribution in [3.8, 4) is 0 Å². The van der Waals surface area contributed by atoms with E-state index in [0.29, 0.717) is 5.75 Å². The van der Waals surface area contributed by atoms with Gasteiger partial charge < -0.3 is 5.73 Å². The summed E-state index contributed by atoms with van der Waals surface area (Å²) in [6, 6.07) is 2.41. The van der Waals surface area contributed by atoms with Gasteiger partial charge >= 0.3 is 0 Å². The molecule has 1 rings (SSSR count). The predicted octanol–water partition coefficient (Wildman–Crippen LogP) is 2.37. The summed E-state index contributed by atoms with van der Waals surface area (Å²) in [5.74, 6) is 0.469. The largest absolute Gasteiger partial charge is 0.399 e. The van der Waals surface area contributed by atoms with Gasteiger partial charge in [-0.1, -0.05) is 6.08 Å². The minimum Gasteiger partial charge on any atom is -0.399 e. The van der Waals surface area contributed by atoms with Crippen molar-refractivity contribution in [1.82, 2.24) is 4.72 Å². The van der Waals surface area contributed by atoms with E-state index in [1.54, 1.807) is 6.08 Å². The Hall–Kier alpha value is -0.570. The van der Waals surface area contributed by atoms with E-state index in [1.807, 2.05) is 0 Å². The molecule has 0 aliphatic carbocycles. The molecular formula is C11H14BrFN2O2S2. The van der Waals surface area contributed by atoms with Gasteiger partial charge in [0.2, 0.25) is 10.0 Å². The molecule has 0 spiro atoms. The molecule has 3 N–H and O–H groups in total. The summed E-state index contributed by atoms with van der Waals surface area (Å²) in [6.07, 6.45) is 1.73. The average Bonchev–Trinajstić information content (AvgIpc) is 2.33. The fraction of sp³-hybridized carbons (Fsp3) is 0.273. The molecule has 0 amide bonds. The van der Waals surface area contributed by atoms with Gasteiger partial charge in [0.25, 0.3) is 0 Å². The summed E-state index contributed by atoms with van der Waals surface area (Å²) < 4.78 is 40.0. The quantitative estimate of drug-likeness (QED) is 0.440. The van der Waals surface area contributed by atoms with Crippen molar-refractivity contribution >= 4 is 43.4 Å². The molecule has 1 aromatic rings. The summed E-state index contributed by atoms with van der Waals surface area (Å²) in [4.78, 5) is -0.451. The lowest BCUT2D eigenvalue weighted by atomic mass is 10.3. The van der Waals surface area contributed by atoms with Crippen LogP contribution >= 0.6 is 27.7 Å². The molecule has 0 atom stereocenters. The molecule has 106 valence electrons. The van der Waals surface area contributed by atoms with Gasteiger partial charge in [-0.2, -0.15) is 11.8 Å². The number of nitrogens with one attached hydrogen (secondary N) is 1. The number of thioether (sulfide) groups is 1. The molecule has 0 radical (unpaired) electrons. The molecule has 19 heavy (non-hydrogen) atoms. The van der Waals surface area contributed by atoms with Crippen molar-refractivity contribution in [2.45, 2.75) is 4.90 Å². The first-order valence-corrected chi connectivity index (χ1v) is 8.74. The van der Waals surface area contributed by atoms with Crippen LogP contribution in [0.25, 0.3) is 0 Å². The van der Waals surface area contributed by atoms with Crippen LogP contribution in [0.2, 0.25) is 0 Å². The molecule has 1 aromatic carbocycles. The van der Waals surface area contributed by atoms with Crippen LogP contribution < -0.4 is 10.5 Å². The second-order valence-electron chi connectivity index (χ2n) is 3.58. The Morgan fingerprint density at radius 3 is 2.84 bits per heavy atom. The third kappa shape index (κ3) is 4.79. The van der Waals surface area contributed by atoms with E-state index in [1.165, 1.54) is 17.8 Å². The fourth-order valence-corrected chi connectivity index (χ4v) is 3.75. The Labute approximate surface area is 124 Å². The zero-order valence-corrected chi connectivity index (χ0v) is 13.2. The Morgan fingerprint density at radius 1 is 1.53 bits per heavy atom. The monoisotopic (exact) mass is 368 g/mol. The standard InChI is InChI=1S/C11H14BrFN2O2S2/c1-2-4-18-5-3-15-19(16,17)10-7-8(14)6-9(12)11(10)13/h2,6-7,15H,1,3-5,14H2. The molecule has 0 saturated carbocycles. The van der Waals surface area contributed by atoms with Crippen molar-refractivity contribution in [2.75, 3.05) is 23.8 Å². The highest BCUT2D eigenvalue weighted by atomic mass is 79.9. The number of hydrogen-bond donors (Lipinski definition) is 2. The normalized spacial score (nSPS) is 11.5. The number of sulfonamides is 1. The highest BCUT2D eigenvalue weighted by Gasteiger charge is 2.21. The van der Waals surface area contributed by atoms with Crippen LogP contribution in [-0.2, 0) is 10.0 Å². The minimum atomic E-state index is -3.90. The van der Waals surface area contributed by atoms with Crippen LogP contribution in [0.1, 0.15) is 0 Å². The Kier molecular flexibility index (Phi) is 6.31. The van der Waals surface area contributed by atoms with Crippen LogP contribution in [-0.4, -0.2) is 26.5 Å². The summed E-state index contributed by atoms with van der Waals surface area (Å²) in [5.41, 5.74) is 5.69. The van der Waals surface area contributed by atoms with E-state index in [4.69, 9.17) is 5.73 Å². The number of nitrogens with two attached hydrogens (primary N) is 1. The van der Waals surface area contributed by atoms with Gasteiger partial charge in [0.05, 0.1) is 4.47 Å². The van der Waals surface area contributed by atoms with Gasteiger partial charge in [0, 0.05) is 23.7 Å². The van der Waals surface area contributed by atoms with Crippen LogP contribution in [0.5, 0.6) is 0 Å². The summed E-state index contributed by atoms with van der Waals surface area (Å²) in [5, 5.41) is 0. The lowest BCUT2D eigenvalue weighted by molar-refractivity contribution is 0.556. The molecular weight excluding hydrogens is 355 g/mol. The van der Waals surface area contributed by atoms with Crippen molar-refractivity contribution < 1.29 is 12.8 Å². The van der Waals surface area contributed by atoms with E-state index in [9.17, 15) is 12.8 Å². The number of anilines is 1. The van der Waals surface area contributed by atoms with E-state index in [0.717, 1.165) is 11.8 Å². The van der Waals surface area contributed by atoms with Gasteiger partial charge in [-0.25, -0.2) is 17.5 Å². The highest BCUT2D eigenvalue weighted by molar-refractivity contribution is 9.10. The SMILES string of the molecule is C=CCSCCNS(=O)(=O)c1cc(N)cc(Br)c1F. The fourth-order valence-electron chi connectivity index (χ4n) is 1.27. The molecule has 4 nitrogen and oxygen atoms in total. The third-order valence-electron chi connectivity index (χ3n) is 2.08. The first kappa shape index (κ1) is 16.5. The number of benzene rings is 1. The maximum atomic E-state index is 13.8. The second-order valence-corrected chi connectivity index (χ2v) is 7.32. The number of halogens is 2. The smallest absolute Gasteiger partial charge is 0.243 e. The number of hydrogen-bond acceptors (Lipinski definition) is 4. The Bertz CT molecular complexity index is 564. The van der Waals surface area contributed by atoms with Crippen LogP contribution in [0.4, 0.5) is 10.1 Å². The van der Waals surface area contributed by atoms with Gasteiger partial charge in [-0.05, 0) is 28.1 Å². The molecule has 0 aliphatic rings. The molecule has 0 aliphatic heterocycles. The summed E-state index contributed by atoms with van der Waals surface area (Å²) in [6.45, 7) is 3.77. The van der Waals surface area contributed by atoms with Crippen molar-refractivity contribution in [3.05, 3.63) is 35.1 Å². The zero-order chi connectivity index (χ0) is 14.5. The van der Waals surface area contributed by atoms with E-state index < -0.39 is 20.7 Å². The van der Waals surface area contributed by atoms with Crippen LogP contribution in [0.15, 0.2) is 34.2 Å². The molecule has 0 bridgehead atoms. The Morgan fingerprint density at radius 2 is 2.21 bits per heavy atom. The molecule has 0 heterocycles. The first-order chi connectivity index (χ1) is 8.88. The second kappa shape index (κ2) is 7.28. The third-order valence-corrected chi connectivity index (χ3v) is 5.08. The van der Waals surface area contributed by atoms with Crippen molar-refractivity contribution in [3.63, 3.8) is 0 Å². The van der Waals surface area contributed by atoms with E-state index in [2.05, 4.69) is 27.2 Å². The maximum absolute atomic E-state index is 13.8. The predicted molar refractivity (Wildman–Crippen MR) is 81.2 cm³/mol. The lowest BCUT2D eigenvalue weighted by Crippen LogP contribution is -2.27. The van der Waals surface area contributed by atoms with Crippen LogP contribution in [0, 0.1) is 5.82 Å². The van der Waals surface area contributed by atoms with Crippen molar-refractivity contribution in [1.29, 1.82) is 0 Å². The minimum absolute atomic E-state index is 0.0221. The molecule has 8 heteroatoms. The highest BCUT2D eigenvalue weighted by Crippen LogP contribution is 2.25. The van der Waals surface area contributed by atoms with E-state index in [-0.39, 0.29) is 16.7 Å². The maximum Gasteiger partial charge on any atom is 0.243 e. The topological polar surface area (TPSA) is 72.2 Å². The van der Waals surface area contributed by atoms with E-state index >= 15 is 0 Å². The van der Waals surface area contributed by atoms with Gasteiger partial charge in [-0.15, -0.1) is 6.58 Å². The van der Waals surface area contributed by atoms with Crippen molar-refractivity contribution in [2.24, 2.45) is 0 Å². The number of nitrogen functional groups attached to an aromatic ring is 1. The zero-order valence-electron chi connectivity index (χ0n) is 10.0. The molecule has 0 fully saturated rings. The summed E-state index contributed by atoms with van der Waals surface area (Å²) >= 11 is 4.46. The van der Waals surface area contributed by atoms with Gasteiger partial charge in [0.15, 0.2) is 5.82 Å². The number of rotatable bonds is 7. The molecule has 0 unspecified atom stereocenters. The van der Waals surface area contributed by atoms with Gasteiger partial charge in [-0.3, -0.25) is 0 Å². The average molecular weight is 369 g/mol. The lowest BCUT2D eigenvalue weighted by Gasteiger charge is -2.09. The van der Waals surface area contributed by atoms with Gasteiger partial charge in [0.1, 0.15) is 4.90 Å². The summed E-state index contributed by atoms with van der Waals surface area (Å²) in [7, 11) is -3.90. The molecule has 0 saturated heterocycles. The molecule has 0 aromatic heterocycles. The first-order valence-electron chi connectivity index (χ1n) is 5.31. The van der Waals surface area contributed by atoms with Crippen LogP contribution in [0.3, 0.4) is 0 Å².